The lowest BCUT2D eigenvalue weighted by molar-refractivity contribution is 0.489. The highest BCUT2D eigenvalue weighted by atomic mass is 16.3. The first-order valence-electron chi connectivity index (χ1n) is 4.53. The van der Waals surface area contributed by atoms with Crippen LogP contribution < -0.4 is 5.73 Å². The van der Waals surface area contributed by atoms with Crippen LogP contribution in [0.1, 0.15) is 17.1 Å². The average molecular weight is 191 g/mol. The molecular weight excluding hydrogens is 178 g/mol. The molecule has 0 fully saturated rings. The van der Waals surface area contributed by atoms with Gasteiger partial charge in [-0.25, -0.2) is 4.98 Å². The van der Waals surface area contributed by atoms with Gasteiger partial charge in [0.15, 0.2) is 0 Å². The van der Waals surface area contributed by atoms with Gasteiger partial charge in [-0.3, -0.25) is 0 Å². The standard InChI is InChI=1S/C10H13N3O/c1-8-12-2-3-13(8)6-10-4-9(5-11)7-14-10/h2-4,7H,5-6,11H2,1H3. The largest absolute Gasteiger partial charge is 0.467 e. The van der Waals surface area contributed by atoms with E-state index in [-0.39, 0.29) is 0 Å². The predicted octanol–water partition coefficient (Wildman–Crippen LogP) is 1.29. The molecule has 0 spiro atoms. The second-order valence-corrected chi connectivity index (χ2v) is 3.23. The van der Waals surface area contributed by atoms with Gasteiger partial charge in [-0.2, -0.15) is 0 Å². The van der Waals surface area contributed by atoms with Crippen molar-refractivity contribution in [3.8, 4) is 0 Å². The third-order valence-electron chi connectivity index (χ3n) is 2.19. The first-order chi connectivity index (χ1) is 6.79. The first-order valence-corrected chi connectivity index (χ1v) is 4.53. The van der Waals surface area contributed by atoms with Gasteiger partial charge in [0, 0.05) is 24.5 Å². The molecule has 0 aliphatic carbocycles. The van der Waals surface area contributed by atoms with Crippen molar-refractivity contribution in [3.05, 3.63) is 41.9 Å². The van der Waals surface area contributed by atoms with Crippen LogP contribution in [0.15, 0.2) is 29.1 Å². The Morgan fingerprint density at radius 1 is 1.57 bits per heavy atom. The van der Waals surface area contributed by atoms with Crippen LogP contribution in [-0.4, -0.2) is 9.55 Å². The second kappa shape index (κ2) is 3.67. The summed E-state index contributed by atoms with van der Waals surface area (Å²) in [6.07, 6.45) is 5.41. The molecule has 0 unspecified atom stereocenters. The lowest BCUT2D eigenvalue weighted by atomic mass is 10.3. The van der Waals surface area contributed by atoms with Crippen molar-refractivity contribution >= 4 is 0 Å². The van der Waals surface area contributed by atoms with Crippen LogP contribution in [0.5, 0.6) is 0 Å². The van der Waals surface area contributed by atoms with Crippen molar-refractivity contribution in [1.82, 2.24) is 9.55 Å². The Hall–Kier alpha value is -1.55. The summed E-state index contributed by atoms with van der Waals surface area (Å²) in [5.41, 5.74) is 6.51. The molecule has 0 aliphatic heterocycles. The topological polar surface area (TPSA) is 57.0 Å². The molecule has 2 N–H and O–H groups in total. The Balaban J connectivity index is 2.15. The summed E-state index contributed by atoms with van der Waals surface area (Å²) in [6.45, 7) is 3.20. The van der Waals surface area contributed by atoms with E-state index >= 15 is 0 Å². The Bertz CT molecular complexity index is 416. The van der Waals surface area contributed by atoms with E-state index in [1.54, 1.807) is 12.5 Å². The van der Waals surface area contributed by atoms with Crippen molar-refractivity contribution in [2.24, 2.45) is 5.73 Å². The molecule has 0 aromatic carbocycles. The molecule has 0 amide bonds. The summed E-state index contributed by atoms with van der Waals surface area (Å²) in [4.78, 5) is 4.14. The minimum atomic E-state index is 0.520. The van der Waals surface area contributed by atoms with Crippen molar-refractivity contribution in [3.63, 3.8) is 0 Å². The Morgan fingerprint density at radius 2 is 2.43 bits per heavy atom. The zero-order valence-corrected chi connectivity index (χ0v) is 8.10. The fraction of sp³-hybridized carbons (Fsp3) is 0.300. The molecule has 2 rings (SSSR count). The SMILES string of the molecule is Cc1nccn1Cc1cc(CN)co1. The molecule has 0 aliphatic rings. The maximum Gasteiger partial charge on any atom is 0.123 e. The third kappa shape index (κ3) is 1.70. The van der Waals surface area contributed by atoms with Crippen LogP contribution in [0, 0.1) is 6.92 Å². The van der Waals surface area contributed by atoms with E-state index in [2.05, 4.69) is 4.98 Å². The van der Waals surface area contributed by atoms with Gasteiger partial charge in [0.05, 0.1) is 12.8 Å². The summed E-state index contributed by atoms with van der Waals surface area (Å²) in [6, 6.07) is 1.97. The van der Waals surface area contributed by atoms with Crippen molar-refractivity contribution < 1.29 is 4.42 Å². The lowest BCUT2D eigenvalue weighted by Gasteiger charge is -2.00. The highest BCUT2D eigenvalue weighted by molar-refractivity contribution is 5.13. The van der Waals surface area contributed by atoms with Crippen LogP contribution in [0.25, 0.3) is 0 Å². The summed E-state index contributed by atoms with van der Waals surface area (Å²) in [5.74, 6) is 1.89. The summed E-state index contributed by atoms with van der Waals surface area (Å²) >= 11 is 0. The number of nitrogens with two attached hydrogens (primary N) is 1. The molecule has 0 radical (unpaired) electrons. The number of furan rings is 1. The molecule has 2 aromatic heterocycles. The predicted molar refractivity (Wildman–Crippen MR) is 52.7 cm³/mol. The van der Waals surface area contributed by atoms with Crippen molar-refractivity contribution in [2.75, 3.05) is 0 Å². The molecule has 0 atom stereocenters. The fourth-order valence-electron chi connectivity index (χ4n) is 1.35. The Labute approximate surface area is 82.4 Å². The van der Waals surface area contributed by atoms with Gasteiger partial charge < -0.3 is 14.7 Å². The summed E-state index contributed by atoms with van der Waals surface area (Å²) < 4.78 is 7.38. The van der Waals surface area contributed by atoms with Crippen LogP contribution >= 0.6 is 0 Å². The molecular formula is C10H13N3O. The molecule has 74 valence electrons. The van der Waals surface area contributed by atoms with Gasteiger partial charge in [0.25, 0.3) is 0 Å². The maximum atomic E-state index is 5.49. The third-order valence-corrected chi connectivity index (χ3v) is 2.19. The van der Waals surface area contributed by atoms with Crippen LogP contribution in [0.4, 0.5) is 0 Å². The number of nitrogens with zero attached hydrogens (tertiary/aromatic N) is 2. The number of imidazole rings is 1. The smallest absolute Gasteiger partial charge is 0.123 e. The second-order valence-electron chi connectivity index (χ2n) is 3.23. The molecule has 2 heterocycles. The van der Waals surface area contributed by atoms with E-state index in [9.17, 15) is 0 Å². The van der Waals surface area contributed by atoms with Crippen LogP contribution in [-0.2, 0) is 13.1 Å². The lowest BCUT2D eigenvalue weighted by Crippen LogP contribution is -1.99. The van der Waals surface area contributed by atoms with E-state index in [0.717, 1.165) is 17.1 Å². The first kappa shape index (κ1) is 9.02. The molecule has 2 aromatic rings. The average Bonchev–Trinajstić information content (AvgIpc) is 2.77. The van der Waals surface area contributed by atoms with E-state index in [4.69, 9.17) is 10.2 Å². The highest BCUT2D eigenvalue weighted by Crippen LogP contribution is 2.09. The maximum absolute atomic E-state index is 5.49. The van der Waals surface area contributed by atoms with Crippen molar-refractivity contribution in [1.29, 1.82) is 0 Å². The van der Waals surface area contributed by atoms with Gasteiger partial charge in [0.1, 0.15) is 11.6 Å². The molecule has 0 saturated heterocycles. The van der Waals surface area contributed by atoms with Crippen molar-refractivity contribution in [2.45, 2.75) is 20.0 Å². The normalized spacial score (nSPS) is 10.7. The van der Waals surface area contributed by atoms with E-state index in [1.807, 2.05) is 23.8 Å². The fourth-order valence-corrected chi connectivity index (χ4v) is 1.35. The Kier molecular flexibility index (Phi) is 2.37. The van der Waals surface area contributed by atoms with Crippen LogP contribution in [0.2, 0.25) is 0 Å². The molecule has 0 bridgehead atoms. The van der Waals surface area contributed by atoms with Gasteiger partial charge in [0.2, 0.25) is 0 Å². The quantitative estimate of drug-likeness (QED) is 0.795. The van der Waals surface area contributed by atoms with E-state index < -0.39 is 0 Å². The van der Waals surface area contributed by atoms with Crippen LogP contribution in [0.3, 0.4) is 0 Å². The van der Waals surface area contributed by atoms with E-state index in [0.29, 0.717) is 13.1 Å². The minimum Gasteiger partial charge on any atom is -0.467 e. The minimum absolute atomic E-state index is 0.520. The molecule has 0 saturated carbocycles. The van der Waals surface area contributed by atoms with Gasteiger partial charge in [-0.05, 0) is 13.0 Å². The van der Waals surface area contributed by atoms with Gasteiger partial charge in [-0.1, -0.05) is 0 Å². The van der Waals surface area contributed by atoms with Gasteiger partial charge >= 0.3 is 0 Å². The van der Waals surface area contributed by atoms with Gasteiger partial charge in [-0.15, -0.1) is 0 Å². The van der Waals surface area contributed by atoms with E-state index in [1.165, 1.54) is 0 Å². The monoisotopic (exact) mass is 191 g/mol. The Morgan fingerprint density at radius 3 is 3.00 bits per heavy atom. The number of aromatic nitrogens is 2. The number of aryl methyl sites for hydroxylation is 1. The highest BCUT2D eigenvalue weighted by Gasteiger charge is 2.03. The number of hydrogen-bond acceptors (Lipinski definition) is 3. The zero-order valence-electron chi connectivity index (χ0n) is 8.10. The summed E-state index contributed by atoms with van der Waals surface area (Å²) in [5, 5.41) is 0. The zero-order chi connectivity index (χ0) is 9.97. The number of rotatable bonds is 3. The molecule has 14 heavy (non-hydrogen) atoms. The summed E-state index contributed by atoms with van der Waals surface area (Å²) in [7, 11) is 0. The molecule has 4 nitrogen and oxygen atoms in total. The number of hydrogen-bond donors (Lipinski definition) is 1. The molecule has 4 heteroatoms.